The first kappa shape index (κ1) is 23.0. The fourth-order valence-electron chi connectivity index (χ4n) is 3.41. The number of aromatic hydroxyl groups is 2. The SMILES string of the molecule is CC(=O)OC[C@H]1O[C@@H](n2ccc(=O)n(C)c2=O)[C@H](O)[C@@H]1OC(=O)c1c(C)cc(O)cc1O. The molecule has 12 heteroatoms. The van der Waals surface area contributed by atoms with Crippen molar-refractivity contribution in [3.05, 3.63) is 56.4 Å². The monoisotopic (exact) mass is 450 g/mol. The summed E-state index contributed by atoms with van der Waals surface area (Å²) in [4.78, 5) is 48.1. The van der Waals surface area contributed by atoms with Crippen LogP contribution in [-0.4, -0.2) is 61.3 Å². The van der Waals surface area contributed by atoms with Gasteiger partial charge in [-0.3, -0.25) is 18.7 Å². The standard InChI is InChI=1S/C20H22N2O10/c1-9-6-11(24)7-12(25)15(9)19(28)32-17-13(8-30-10(2)23)31-18(16(17)27)22-5-4-14(26)21(3)20(22)29/h4-7,13,16-18,24-25,27H,8H2,1-3H3/t13-,16-,17-,18-/m1/s1. The smallest absolute Gasteiger partial charge is 0.342 e. The van der Waals surface area contributed by atoms with Crippen LogP contribution in [0.4, 0.5) is 0 Å². The van der Waals surface area contributed by atoms with E-state index in [2.05, 4.69) is 0 Å². The third-order valence-electron chi connectivity index (χ3n) is 5.00. The Bertz CT molecular complexity index is 1140. The maximum Gasteiger partial charge on any atom is 0.342 e. The van der Waals surface area contributed by atoms with Gasteiger partial charge in [-0.1, -0.05) is 0 Å². The lowest BCUT2D eigenvalue weighted by Gasteiger charge is -2.21. The Morgan fingerprint density at radius 1 is 1.22 bits per heavy atom. The summed E-state index contributed by atoms with van der Waals surface area (Å²) in [5, 5.41) is 30.4. The van der Waals surface area contributed by atoms with Crippen molar-refractivity contribution < 1.29 is 39.1 Å². The fourth-order valence-corrected chi connectivity index (χ4v) is 3.41. The minimum atomic E-state index is -1.59. The lowest BCUT2D eigenvalue weighted by Crippen LogP contribution is -2.42. The molecule has 0 radical (unpaired) electrons. The summed E-state index contributed by atoms with van der Waals surface area (Å²) in [5.74, 6) is -2.48. The van der Waals surface area contributed by atoms with Crippen LogP contribution in [-0.2, 0) is 26.1 Å². The van der Waals surface area contributed by atoms with Crippen molar-refractivity contribution in [1.82, 2.24) is 9.13 Å². The molecule has 2 aromatic rings. The number of aromatic nitrogens is 2. The molecule has 2 heterocycles. The highest BCUT2D eigenvalue weighted by atomic mass is 16.6. The fraction of sp³-hybridized carbons (Fsp3) is 0.400. The van der Waals surface area contributed by atoms with Crippen molar-refractivity contribution in [3.63, 3.8) is 0 Å². The molecule has 1 aromatic carbocycles. The average molecular weight is 450 g/mol. The summed E-state index contributed by atoms with van der Waals surface area (Å²) < 4.78 is 17.7. The van der Waals surface area contributed by atoms with Crippen LogP contribution in [0.3, 0.4) is 0 Å². The number of aliphatic hydroxyl groups excluding tert-OH is 1. The molecule has 1 aliphatic rings. The van der Waals surface area contributed by atoms with Gasteiger partial charge in [-0.2, -0.15) is 0 Å². The molecule has 1 aliphatic heterocycles. The number of benzene rings is 1. The number of esters is 2. The molecule has 3 rings (SSSR count). The van der Waals surface area contributed by atoms with Crippen LogP contribution >= 0.6 is 0 Å². The van der Waals surface area contributed by atoms with E-state index in [-0.39, 0.29) is 16.9 Å². The summed E-state index contributed by atoms with van der Waals surface area (Å²) in [6.07, 6.45) is -4.38. The minimum absolute atomic E-state index is 0.211. The minimum Gasteiger partial charge on any atom is -0.508 e. The summed E-state index contributed by atoms with van der Waals surface area (Å²) in [5.41, 5.74) is -1.39. The second-order valence-electron chi connectivity index (χ2n) is 7.29. The lowest BCUT2D eigenvalue weighted by atomic mass is 10.1. The van der Waals surface area contributed by atoms with Crippen LogP contribution in [0.15, 0.2) is 34.0 Å². The number of aryl methyl sites for hydroxylation is 1. The highest BCUT2D eigenvalue weighted by molar-refractivity contribution is 5.94. The van der Waals surface area contributed by atoms with E-state index < -0.39 is 60.1 Å². The molecular weight excluding hydrogens is 428 g/mol. The first-order valence-electron chi connectivity index (χ1n) is 9.50. The summed E-state index contributed by atoms with van der Waals surface area (Å²) in [6, 6.07) is 3.28. The molecule has 0 spiro atoms. The number of aliphatic hydroxyl groups is 1. The van der Waals surface area contributed by atoms with Gasteiger partial charge in [0.25, 0.3) is 5.56 Å². The Morgan fingerprint density at radius 3 is 2.53 bits per heavy atom. The van der Waals surface area contributed by atoms with Crippen LogP contribution in [0.2, 0.25) is 0 Å². The molecule has 12 nitrogen and oxygen atoms in total. The Hall–Kier alpha value is -3.64. The van der Waals surface area contributed by atoms with E-state index in [0.29, 0.717) is 0 Å². The Morgan fingerprint density at radius 2 is 1.91 bits per heavy atom. The maximum atomic E-state index is 12.7. The van der Waals surface area contributed by atoms with Gasteiger partial charge >= 0.3 is 17.6 Å². The lowest BCUT2D eigenvalue weighted by molar-refractivity contribution is -0.147. The van der Waals surface area contributed by atoms with Gasteiger partial charge in [-0.25, -0.2) is 9.59 Å². The van der Waals surface area contributed by atoms with Gasteiger partial charge in [-0.05, 0) is 18.6 Å². The van der Waals surface area contributed by atoms with Gasteiger partial charge in [0.2, 0.25) is 0 Å². The van der Waals surface area contributed by atoms with E-state index in [1.54, 1.807) is 0 Å². The van der Waals surface area contributed by atoms with Crippen LogP contribution in [0.5, 0.6) is 11.5 Å². The zero-order valence-corrected chi connectivity index (χ0v) is 17.4. The normalized spacial score (nSPS) is 22.5. The molecule has 0 saturated carbocycles. The number of ether oxygens (including phenoxy) is 3. The number of carbonyl (C=O) groups excluding carboxylic acids is 2. The van der Waals surface area contributed by atoms with E-state index in [1.165, 1.54) is 20.0 Å². The second-order valence-corrected chi connectivity index (χ2v) is 7.29. The van der Waals surface area contributed by atoms with Crippen molar-refractivity contribution >= 4 is 11.9 Å². The zero-order chi connectivity index (χ0) is 23.7. The first-order valence-corrected chi connectivity index (χ1v) is 9.50. The highest BCUT2D eigenvalue weighted by Crippen LogP contribution is 2.33. The summed E-state index contributed by atoms with van der Waals surface area (Å²) in [6.45, 7) is 2.21. The molecular formula is C20H22N2O10. The third-order valence-corrected chi connectivity index (χ3v) is 5.00. The van der Waals surface area contributed by atoms with E-state index in [1.807, 2.05) is 0 Å². The first-order chi connectivity index (χ1) is 15.0. The third kappa shape index (κ3) is 4.36. The van der Waals surface area contributed by atoms with Gasteiger partial charge in [0.05, 0.1) is 0 Å². The Balaban J connectivity index is 1.94. The molecule has 32 heavy (non-hydrogen) atoms. The van der Waals surface area contributed by atoms with Crippen LogP contribution in [0, 0.1) is 6.92 Å². The number of hydrogen-bond acceptors (Lipinski definition) is 10. The second kappa shape index (κ2) is 8.85. The molecule has 0 amide bonds. The predicted octanol–water partition coefficient (Wildman–Crippen LogP) is -0.686. The van der Waals surface area contributed by atoms with Gasteiger partial charge in [-0.15, -0.1) is 0 Å². The molecule has 4 atom stereocenters. The van der Waals surface area contributed by atoms with E-state index in [9.17, 15) is 34.5 Å². The zero-order valence-electron chi connectivity index (χ0n) is 17.4. The van der Waals surface area contributed by atoms with Gasteiger partial charge in [0.15, 0.2) is 12.3 Å². The van der Waals surface area contributed by atoms with Gasteiger partial charge in [0.1, 0.15) is 35.9 Å². The molecule has 0 unspecified atom stereocenters. The molecule has 1 aromatic heterocycles. The van der Waals surface area contributed by atoms with Crippen LogP contribution < -0.4 is 11.2 Å². The maximum absolute atomic E-state index is 12.7. The number of phenolic OH excluding ortho intramolecular Hbond substituents is 2. The number of nitrogens with zero attached hydrogens (tertiary/aromatic N) is 2. The summed E-state index contributed by atoms with van der Waals surface area (Å²) >= 11 is 0. The highest BCUT2D eigenvalue weighted by Gasteiger charge is 2.48. The Kier molecular flexibility index (Phi) is 6.37. The largest absolute Gasteiger partial charge is 0.508 e. The molecule has 1 saturated heterocycles. The van der Waals surface area contributed by atoms with Crippen molar-refractivity contribution in [1.29, 1.82) is 0 Å². The van der Waals surface area contributed by atoms with Crippen LogP contribution in [0.25, 0.3) is 0 Å². The molecule has 0 bridgehead atoms. The van der Waals surface area contributed by atoms with Crippen molar-refractivity contribution in [2.45, 2.75) is 38.4 Å². The van der Waals surface area contributed by atoms with Gasteiger partial charge in [0, 0.05) is 32.3 Å². The van der Waals surface area contributed by atoms with E-state index >= 15 is 0 Å². The van der Waals surface area contributed by atoms with Crippen molar-refractivity contribution in [2.24, 2.45) is 7.05 Å². The van der Waals surface area contributed by atoms with Crippen molar-refractivity contribution in [2.75, 3.05) is 6.61 Å². The van der Waals surface area contributed by atoms with Gasteiger partial charge < -0.3 is 29.5 Å². The average Bonchev–Trinajstić information content (AvgIpc) is 2.99. The molecule has 1 fully saturated rings. The summed E-state index contributed by atoms with van der Waals surface area (Å²) in [7, 11) is 1.24. The predicted molar refractivity (Wildman–Crippen MR) is 106 cm³/mol. The van der Waals surface area contributed by atoms with Crippen molar-refractivity contribution in [3.8, 4) is 11.5 Å². The van der Waals surface area contributed by atoms with E-state index in [0.717, 1.165) is 34.4 Å². The van der Waals surface area contributed by atoms with E-state index in [4.69, 9.17) is 14.2 Å². The number of phenols is 2. The quantitative estimate of drug-likeness (QED) is 0.496. The topological polar surface area (TPSA) is 167 Å². The molecule has 172 valence electrons. The number of hydrogen-bond donors (Lipinski definition) is 3. The number of rotatable bonds is 5. The number of carbonyl (C=O) groups is 2. The molecule has 0 aliphatic carbocycles. The Labute approximate surface area is 180 Å². The van der Waals surface area contributed by atoms with Crippen LogP contribution in [0.1, 0.15) is 29.1 Å². The molecule has 3 N–H and O–H groups in total.